The summed E-state index contributed by atoms with van der Waals surface area (Å²) in [6, 6.07) is 26.4. The molecule has 0 saturated heterocycles. The summed E-state index contributed by atoms with van der Waals surface area (Å²) in [4.78, 5) is 2.45. The molecule has 0 unspecified atom stereocenters. The zero-order valence-electron chi connectivity index (χ0n) is 16.9. The van der Waals surface area contributed by atoms with Crippen molar-refractivity contribution in [2.75, 3.05) is 7.05 Å². The van der Waals surface area contributed by atoms with E-state index in [-0.39, 0.29) is 4.90 Å². The minimum absolute atomic E-state index is 0.262. The molecule has 0 fully saturated rings. The van der Waals surface area contributed by atoms with Gasteiger partial charge in [-0.15, -0.1) is 0 Å². The van der Waals surface area contributed by atoms with Gasteiger partial charge in [-0.05, 0) is 36.9 Å². The van der Waals surface area contributed by atoms with Gasteiger partial charge >= 0.3 is 0 Å². The predicted octanol–water partition coefficient (Wildman–Crippen LogP) is 5.15. The van der Waals surface area contributed by atoms with Gasteiger partial charge in [0.05, 0.1) is 16.1 Å². The van der Waals surface area contributed by atoms with Crippen LogP contribution >= 0.6 is 0 Å². The molecule has 1 aromatic heterocycles. The fraction of sp³-hybridized carbons (Fsp3) is 0.120. The van der Waals surface area contributed by atoms with Crippen LogP contribution in [0.4, 0.5) is 0 Å². The minimum atomic E-state index is -3.76. The number of para-hydroxylation sites is 1. The molecule has 4 aromatic rings. The number of hydrogen-bond donors (Lipinski definition) is 0. The molecule has 0 N–H and O–H groups in total. The highest BCUT2D eigenvalue weighted by Crippen LogP contribution is 2.32. The van der Waals surface area contributed by atoms with Crippen molar-refractivity contribution in [3.63, 3.8) is 0 Å². The molecule has 0 aliphatic heterocycles. The molecule has 3 aromatic carbocycles. The first-order valence-corrected chi connectivity index (χ1v) is 11.2. The first kappa shape index (κ1) is 20.1. The number of rotatable bonds is 7. The maximum atomic E-state index is 13.5. The van der Waals surface area contributed by atoms with Crippen molar-refractivity contribution in [1.29, 1.82) is 0 Å². The number of nitrogens with zero attached hydrogens (tertiary/aromatic N) is 2. The Bertz CT molecular complexity index is 1280. The first-order valence-electron chi connectivity index (χ1n) is 9.80. The van der Waals surface area contributed by atoms with Crippen LogP contribution in [0, 0.1) is 0 Å². The molecule has 0 atom stereocenters. The van der Waals surface area contributed by atoms with E-state index in [1.54, 1.807) is 30.3 Å². The Kier molecular flexibility index (Phi) is 5.57. The lowest BCUT2D eigenvalue weighted by Gasteiger charge is -2.17. The number of benzene rings is 3. The maximum Gasteiger partial charge on any atom is 0.268 e. The van der Waals surface area contributed by atoms with Crippen molar-refractivity contribution >= 4 is 27.0 Å². The van der Waals surface area contributed by atoms with Crippen molar-refractivity contribution in [1.82, 2.24) is 8.87 Å². The summed E-state index contributed by atoms with van der Waals surface area (Å²) in [5.74, 6) is 0. The molecule has 0 aliphatic carbocycles. The van der Waals surface area contributed by atoms with Crippen LogP contribution in [0.15, 0.2) is 96.4 Å². The van der Waals surface area contributed by atoms with E-state index < -0.39 is 10.0 Å². The van der Waals surface area contributed by atoms with Gasteiger partial charge in [-0.25, -0.2) is 12.4 Å². The second kappa shape index (κ2) is 8.30. The largest absolute Gasteiger partial charge is 0.298 e. The quantitative estimate of drug-likeness (QED) is 0.418. The number of hydrogen-bond acceptors (Lipinski definition) is 3. The fourth-order valence-electron chi connectivity index (χ4n) is 3.85. The second-order valence-corrected chi connectivity index (χ2v) is 9.11. The van der Waals surface area contributed by atoms with Gasteiger partial charge in [0.15, 0.2) is 0 Å². The SMILES string of the molecule is C=Cc1c(CN(C)Cc2ccccc2)c2ccccc2n1S(=O)(=O)c1ccccc1. The smallest absolute Gasteiger partial charge is 0.268 e. The summed E-state index contributed by atoms with van der Waals surface area (Å²) >= 11 is 0. The molecule has 0 bridgehead atoms. The van der Waals surface area contributed by atoms with Crippen molar-refractivity contribution in [2.24, 2.45) is 0 Å². The average molecular weight is 417 g/mol. The molecule has 0 amide bonds. The molecule has 4 rings (SSSR count). The maximum absolute atomic E-state index is 13.5. The van der Waals surface area contributed by atoms with Crippen LogP contribution in [0.5, 0.6) is 0 Å². The van der Waals surface area contributed by atoms with E-state index in [4.69, 9.17) is 0 Å². The van der Waals surface area contributed by atoms with Crippen molar-refractivity contribution < 1.29 is 8.42 Å². The van der Waals surface area contributed by atoms with Crippen LogP contribution in [0.2, 0.25) is 0 Å². The Labute approximate surface area is 177 Å². The van der Waals surface area contributed by atoms with Gasteiger partial charge in [0.1, 0.15) is 0 Å². The molecule has 0 aliphatic rings. The molecule has 0 spiro atoms. The monoisotopic (exact) mass is 416 g/mol. The minimum Gasteiger partial charge on any atom is -0.298 e. The fourth-order valence-corrected chi connectivity index (χ4v) is 5.42. The Morgan fingerprint density at radius 3 is 2.13 bits per heavy atom. The van der Waals surface area contributed by atoms with Gasteiger partial charge < -0.3 is 0 Å². The zero-order chi connectivity index (χ0) is 21.1. The molecule has 0 radical (unpaired) electrons. The van der Waals surface area contributed by atoms with E-state index in [1.165, 1.54) is 9.54 Å². The Morgan fingerprint density at radius 2 is 1.47 bits per heavy atom. The molecular weight excluding hydrogens is 392 g/mol. The predicted molar refractivity (Wildman–Crippen MR) is 123 cm³/mol. The van der Waals surface area contributed by atoms with Gasteiger partial charge in [0.25, 0.3) is 10.0 Å². The molecule has 5 heteroatoms. The lowest BCUT2D eigenvalue weighted by molar-refractivity contribution is 0.320. The third-order valence-corrected chi connectivity index (χ3v) is 6.92. The highest BCUT2D eigenvalue weighted by molar-refractivity contribution is 7.90. The third kappa shape index (κ3) is 3.70. The van der Waals surface area contributed by atoms with Crippen LogP contribution in [0.1, 0.15) is 16.8 Å². The van der Waals surface area contributed by atoms with Crippen LogP contribution < -0.4 is 0 Å². The molecule has 4 nitrogen and oxygen atoms in total. The summed E-state index contributed by atoms with van der Waals surface area (Å²) in [6.45, 7) is 5.31. The third-order valence-electron chi connectivity index (χ3n) is 5.17. The van der Waals surface area contributed by atoms with Crippen molar-refractivity contribution in [2.45, 2.75) is 18.0 Å². The second-order valence-electron chi connectivity index (χ2n) is 7.33. The summed E-state index contributed by atoms with van der Waals surface area (Å²) < 4.78 is 28.5. The van der Waals surface area contributed by atoms with Crippen LogP contribution in [0.3, 0.4) is 0 Å². The van der Waals surface area contributed by atoms with E-state index >= 15 is 0 Å². The van der Waals surface area contributed by atoms with E-state index in [9.17, 15) is 8.42 Å². The Hall–Kier alpha value is -3.15. The Balaban J connectivity index is 1.83. The van der Waals surface area contributed by atoms with E-state index in [0.29, 0.717) is 17.8 Å². The molecule has 152 valence electrons. The molecule has 30 heavy (non-hydrogen) atoms. The summed E-state index contributed by atoms with van der Waals surface area (Å²) in [5, 5.41) is 0.923. The summed E-state index contributed by atoms with van der Waals surface area (Å²) in [5.41, 5.74) is 3.44. The lowest BCUT2D eigenvalue weighted by atomic mass is 10.1. The standard InChI is InChI=1S/C25H24N2O2S/c1-3-24-23(19-26(2)18-20-12-6-4-7-13-20)22-16-10-11-17-25(22)27(24)30(28,29)21-14-8-5-9-15-21/h3-17H,1,18-19H2,2H3. The van der Waals surface area contributed by atoms with E-state index in [1.807, 2.05) is 55.6 Å². The Morgan fingerprint density at radius 1 is 0.867 bits per heavy atom. The number of aromatic nitrogens is 1. The first-order chi connectivity index (χ1) is 14.5. The van der Waals surface area contributed by atoms with Gasteiger partial charge in [-0.1, -0.05) is 73.3 Å². The van der Waals surface area contributed by atoms with E-state index in [2.05, 4.69) is 23.6 Å². The van der Waals surface area contributed by atoms with Gasteiger partial charge in [0.2, 0.25) is 0 Å². The topological polar surface area (TPSA) is 42.3 Å². The molecule has 1 heterocycles. The zero-order valence-corrected chi connectivity index (χ0v) is 17.7. The highest BCUT2D eigenvalue weighted by Gasteiger charge is 2.25. The summed E-state index contributed by atoms with van der Waals surface area (Å²) in [7, 11) is -1.72. The lowest BCUT2D eigenvalue weighted by Crippen LogP contribution is -2.19. The van der Waals surface area contributed by atoms with Gasteiger partial charge in [-0.3, -0.25) is 4.90 Å². The van der Waals surface area contributed by atoms with Crippen LogP contribution in [-0.4, -0.2) is 24.3 Å². The van der Waals surface area contributed by atoms with Crippen LogP contribution in [-0.2, 0) is 23.1 Å². The van der Waals surface area contributed by atoms with Crippen molar-refractivity contribution in [3.8, 4) is 0 Å². The van der Waals surface area contributed by atoms with E-state index in [0.717, 1.165) is 17.5 Å². The number of fused-ring (bicyclic) bond motifs is 1. The molecule has 0 saturated carbocycles. The average Bonchev–Trinajstić information content (AvgIpc) is 3.09. The summed E-state index contributed by atoms with van der Waals surface area (Å²) in [6.07, 6.45) is 1.65. The van der Waals surface area contributed by atoms with Gasteiger partial charge in [-0.2, -0.15) is 0 Å². The van der Waals surface area contributed by atoms with Crippen LogP contribution in [0.25, 0.3) is 17.0 Å². The molecular formula is C25H24N2O2S. The van der Waals surface area contributed by atoms with Crippen molar-refractivity contribution in [3.05, 3.63) is 108 Å². The highest BCUT2D eigenvalue weighted by atomic mass is 32.2. The van der Waals surface area contributed by atoms with Gasteiger partial charge in [0, 0.05) is 24.0 Å². The normalized spacial score (nSPS) is 11.8.